The molecule has 1 saturated carbocycles. The summed E-state index contributed by atoms with van der Waals surface area (Å²) in [7, 11) is 0. The molecule has 0 saturated heterocycles. The van der Waals surface area contributed by atoms with E-state index in [4.69, 9.17) is 4.42 Å². The van der Waals surface area contributed by atoms with Crippen molar-refractivity contribution in [3.63, 3.8) is 0 Å². The van der Waals surface area contributed by atoms with Crippen molar-refractivity contribution in [2.45, 2.75) is 25.3 Å². The molecule has 0 atom stereocenters. The van der Waals surface area contributed by atoms with Gasteiger partial charge in [-0.2, -0.15) is 5.10 Å². The standard InChI is InChI=1S/C14H16N4O3/c19-13(15-7-10-2-1-5-21-10)8-16-14(20)12-6-11(17-18-12)9-3-4-9/h1-2,5-6,9H,3-4,7-8H2,(H,15,19)(H,16,20)(H,17,18). The van der Waals surface area contributed by atoms with E-state index >= 15 is 0 Å². The molecule has 1 aliphatic carbocycles. The predicted octanol–water partition coefficient (Wildman–Crippen LogP) is 0.926. The van der Waals surface area contributed by atoms with Crippen LogP contribution in [-0.2, 0) is 11.3 Å². The van der Waals surface area contributed by atoms with Crippen LogP contribution in [0.5, 0.6) is 0 Å². The molecule has 0 unspecified atom stereocenters. The molecule has 2 heterocycles. The summed E-state index contributed by atoms with van der Waals surface area (Å²) in [6.07, 6.45) is 3.81. The van der Waals surface area contributed by atoms with Crippen molar-refractivity contribution in [1.82, 2.24) is 20.8 Å². The number of rotatable bonds is 6. The lowest BCUT2D eigenvalue weighted by atomic mass is 10.2. The van der Waals surface area contributed by atoms with Crippen molar-refractivity contribution >= 4 is 11.8 Å². The van der Waals surface area contributed by atoms with E-state index < -0.39 is 0 Å². The average Bonchev–Trinajstić information content (AvgIpc) is 3.02. The number of H-pyrrole nitrogens is 1. The Morgan fingerprint density at radius 1 is 1.38 bits per heavy atom. The maximum absolute atomic E-state index is 11.8. The zero-order valence-electron chi connectivity index (χ0n) is 11.4. The van der Waals surface area contributed by atoms with Crippen molar-refractivity contribution in [2.75, 3.05) is 6.54 Å². The van der Waals surface area contributed by atoms with Crippen LogP contribution in [0.15, 0.2) is 28.9 Å². The summed E-state index contributed by atoms with van der Waals surface area (Å²) < 4.78 is 5.09. The van der Waals surface area contributed by atoms with E-state index in [0.29, 0.717) is 23.9 Å². The van der Waals surface area contributed by atoms with Crippen LogP contribution in [0.25, 0.3) is 0 Å². The third-order valence-corrected chi connectivity index (χ3v) is 3.30. The van der Waals surface area contributed by atoms with Gasteiger partial charge in [0, 0.05) is 11.6 Å². The van der Waals surface area contributed by atoms with E-state index in [9.17, 15) is 9.59 Å². The monoisotopic (exact) mass is 288 g/mol. The molecule has 2 aromatic heterocycles. The van der Waals surface area contributed by atoms with Gasteiger partial charge in [-0.1, -0.05) is 0 Å². The van der Waals surface area contributed by atoms with Crippen LogP contribution < -0.4 is 10.6 Å². The van der Waals surface area contributed by atoms with Gasteiger partial charge in [-0.25, -0.2) is 0 Å². The highest BCUT2D eigenvalue weighted by Gasteiger charge is 2.26. The number of aromatic nitrogens is 2. The quantitative estimate of drug-likeness (QED) is 0.736. The molecule has 7 nitrogen and oxygen atoms in total. The Hall–Kier alpha value is -2.57. The largest absolute Gasteiger partial charge is 0.467 e. The van der Waals surface area contributed by atoms with E-state index in [-0.39, 0.29) is 18.4 Å². The molecule has 3 rings (SSSR count). The number of nitrogens with one attached hydrogen (secondary N) is 3. The first kappa shape index (κ1) is 13.4. The second kappa shape index (κ2) is 5.82. The highest BCUT2D eigenvalue weighted by molar-refractivity contribution is 5.94. The number of hydrogen-bond acceptors (Lipinski definition) is 4. The molecule has 1 fully saturated rings. The molecule has 2 amide bonds. The first-order chi connectivity index (χ1) is 10.2. The fourth-order valence-electron chi connectivity index (χ4n) is 1.97. The van der Waals surface area contributed by atoms with Gasteiger partial charge in [0.05, 0.1) is 19.4 Å². The number of hydrogen-bond donors (Lipinski definition) is 3. The first-order valence-electron chi connectivity index (χ1n) is 6.85. The molecule has 110 valence electrons. The van der Waals surface area contributed by atoms with Crippen LogP contribution in [0.1, 0.15) is 40.7 Å². The maximum Gasteiger partial charge on any atom is 0.272 e. The van der Waals surface area contributed by atoms with Crippen molar-refractivity contribution in [1.29, 1.82) is 0 Å². The van der Waals surface area contributed by atoms with Gasteiger partial charge in [0.1, 0.15) is 11.5 Å². The molecule has 3 N–H and O–H groups in total. The number of nitrogens with zero attached hydrogens (tertiary/aromatic N) is 1. The third kappa shape index (κ3) is 3.50. The molecular formula is C14H16N4O3. The zero-order valence-corrected chi connectivity index (χ0v) is 11.4. The average molecular weight is 288 g/mol. The number of aromatic amines is 1. The van der Waals surface area contributed by atoms with Crippen LogP contribution in [-0.4, -0.2) is 28.6 Å². The van der Waals surface area contributed by atoms with Gasteiger partial charge in [-0.05, 0) is 31.0 Å². The number of carbonyl (C=O) groups excluding carboxylic acids is 2. The summed E-state index contributed by atoms with van der Waals surface area (Å²) in [5.41, 5.74) is 1.30. The Kier molecular flexibility index (Phi) is 3.72. The lowest BCUT2D eigenvalue weighted by Crippen LogP contribution is -2.36. The molecular weight excluding hydrogens is 272 g/mol. The maximum atomic E-state index is 11.8. The van der Waals surface area contributed by atoms with Crippen LogP contribution in [0.2, 0.25) is 0 Å². The molecule has 21 heavy (non-hydrogen) atoms. The normalized spacial score (nSPS) is 13.9. The number of amides is 2. The lowest BCUT2D eigenvalue weighted by Gasteiger charge is -2.04. The third-order valence-electron chi connectivity index (χ3n) is 3.30. The van der Waals surface area contributed by atoms with Crippen LogP contribution >= 0.6 is 0 Å². The van der Waals surface area contributed by atoms with Crippen LogP contribution in [0.3, 0.4) is 0 Å². The molecule has 0 aliphatic heterocycles. The van der Waals surface area contributed by atoms with Gasteiger partial charge in [-0.15, -0.1) is 0 Å². The summed E-state index contributed by atoms with van der Waals surface area (Å²) >= 11 is 0. The summed E-state index contributed by atoms with van der Waals surface area (Å²) in [5, 5.41) is 12.0. The van der Waals surface area contributed by atoms with E-state index in [0.717, 1.165) is 18.5 Å². The van der Waals surface area contributed by atoms with E-state index in [1.807, 2.05) is 0 Å². The van der Waals surface area contributed by atoms with Crippen molar-refractivity contribution in [3.05, 3.63) is 41.6 Å². The Labute approximate surface area is 121 Å². The predicted molar refractivity (Wildman–Crippen MR) is 73.5 cm³/mol. The van der Waals surface area contributed by atoms with Gasteiger partial charge in [0.2, 0.25) is 5.91 Å². The SMILES string of the molecule is O=C(CNC(=O)c1cc(C2CC2)[nH]n1)NCc1ccco1. The highest BCUT2D eigenvalue weighted by atomic mass is 16.3. The van der Waals surface area contributed by atoms with Crippen LogP contribution in [0.4, 0.5) is 0 Å². The molecule has 1 aliphatic rings. The van der Waals surface area contributed by atoms with Crippen molar-refractivity contribution in [3.8, 4) is 0 Å². The van der Waals surface area contributed by atoms with E-state index in [1.165, 1.54) is 6.26 Å². The highest BCUT2D eigenvalue weighted by Crippen LogP contribution is 2.38. The number of furan rings is 1. The van der Waals surface area contributed by atoms with Gasteiger partial charge in [0.15, 0.2) is 0 Å². The summed E-state index contributed by atoms with van der Waals surface area (Å²) in [6, 6.07) is 5.26. The minimum absolute atomic E-state index is 0.0921. The van der Waals surface area contributed by atoms with Gasteiger partial charge >= 0.3 is 0 Å². The molecule has 0 spiro atoms. The summed E-state index contributed by atoms with van der Waals surface area (Å²) in [4.78, 5) is 23.4. The van der Waals surface area contributed by atoms with Gasteiger partial charge in [0.25, 0.3) is 5.91 Å². The zero-order chi connectivity index (χ0) is 14.7. The second-order valence-corrected chi connectivity index (χ2v) is 5.02. The van der Waals surface area contributed by atoms with Gasteiger partial charge < -0.3 is 15.1 Å². The van der Waals surface area contributed by atoms with Crippen LogP contribution in [0, 0.1) is 0 Å². The minimum Gasteiger partial charge on any atom is -0.467 e. The van der Waals surface area contributed by atoms with E-state index in [1.54, 1.807) is 18.2 Å². The van der Waals surface area contributed by atoms with Crippen molar-refractivity contribution < 1.29 is 14.0 Å². The molecule has 7 heteroatoms. The van der Waals surface area contributed by atoms with Gasteiger partial charge in [-0.3, -0.25) is 14.7 Å². The molecule has 2 aromatic rings. The summed E-state index contributed by atoms with van der Waals surface area (Å²) in [5.74, 6) is 0.538. The first-order valence-corrected chi connectivity index (χ1v) is 6.85. The topological polar surface area (TPSA) is 100 Å². The summed E-state index contributed by atoms with van der Waals surface area (Å²) in [6.45, 7) is 0.209. The second-order valence-electron chi connectivity index (χ2n) is 5.02. The minimum atomic E-state index is -0.355. The van der Waals surface area contributed by atoms with Crippen molar-refractivity contribution in [2.24, 2.45) is 0 Å². The Morgan fingerprint density at radius 2 is 2.24 bits per heavy atom. The fraction of sp³-hybridized carbons (Fsp3) is 0.357. The van der Waals surface area contributed by atoms with E-state index in [2.05, 4.69) is 20.8 Å². The lowest BCUT2D eigenvalue weighted by molar-refractivity contribution is -0.120. The Bertz CT molecular complexity index is 628. The molecule has 0 aromatic carbocycles. The number of carbonyl (C=O) groups is 2. The smallest absolute Gasteiger partial charge is 0.272 e. The molecule has 0 bridgehead atoms. The fourth-order valence-corrected chi connectivity index (χ4v) is 1.97. The molecule has 0 radical (unpaired) electrons. The Balaban J connectivity index is 1.42. The Morgan fingerprint density at radius 3 is 2.95 bits per heavy atom.